The van der Waals surface area contributed by atoms with Crippen LogP contribution in [0.2, 0.25) is 0 Å². The summed E-state index contributed by atoms with van der Waals surface area (Å²) in [5.41, 5.74) is 5.44. The molecule has 0 unspecified atom stereocenters. The number of imidazole rings is 1. The molecular formula is C21H19N3. The van der Waals surface area contributed by atoms with Gasteiger partial charge in [0.2, 0.25) is 0 Å². The van der Waals surface area contributed by atoms with Crippen molar-refractivity contribution in [2.45, 2.75) is 19.8 Å². The summed E-state index contributed by atoms with van der Waals surface area (Å²) < 4.78 is 2.23. The summed E-state index contributed by atoms with van der Waals surface area (Å²) in [4.78, 5) is 9.38. The van der Waals surface area contributed by atoms with Crippen LogP contribution in [0.4, 0.5) is 0 Å². The van der Waals surface area contributed by atoms with Crippen LogP contribution in [0.15, 0.2) is 72.9 Å². The maximum absolute atomic E-state index is 4.86. The summed E-state index contributed by atoms with van der Waals surface area (Å²) in [5.74, 6) is 1.31. The quantitative estimate of drug-likeness (QED) is 0.520. The molecule has 0 radical (unpaired) electrons. The zero-order chi connectivity index (χ0) is 16.5. The monoisotopic (exact) mass is 313 g/mol. The minimum atomic E-state index is 0.430. The van der Waals surface area contributed by atoms with Crippen molar-refractivity contribution in [1.82, 2.24) is 14.5 Å². The molecule has 0 atom stereocenters. The Balaban J connectivity index is 2.08. The lowest BCUT2D eigenvalue weighted by Gasteiger charge is -2.16. The molecule has 0 saturated heterocycles. The van der Waals surface area contributed by atoms with Crippen molar-refractivity contribution >= 4 is 11.0 Å². The molecule has 4 rings (SSSR count). The summed E-state index contributed by atoms with van der Waals surface area (Å²) >= 11 is 0. The molecule has 3 heteroatoms. The van der Waals surface area contributed by atoms with Crippen molar-refractivity contribution in [3.05, 3.63) is 78.5 Å². The molecular weight excluding hydrogens is 294 g/mol. The van der Waals surface area contributed by atoms with Gasteiger partial charge in [0.1, 0.15) is 5.69 Å². The molecule has 24 heavy (non-hydrogen) atoms. The van der Waals surface area contributed by atoms with E-state index in [1.165, 1.54) is 11.3 Å². The van der Waals surface area contributed by atoms with Gasteiger partial charge >= 0.3 is 0 Å². The van der Waals surface area contributed by atoms with E-state index in [9.17, 15) is 0 Å². The van der Waals surface area contributed by atoms with E-state index < -0.39 is 0 Å². The van der Waals surface area contributed by atoms with Gasteiger partial charge in [-0.15, -0.1) is 0 Å². The SMILES string of the molecule is CC(C)c1ccccc1-n1c(-c2ccccn2)nc2ccccc21. The highest BCUT2D eigenvalue weighted by Crippen LogP contribution is 2.31. The molecule has 3 nitrogen and oxygen atoms in total. The van der Waals surface area contributed by atoms with Crippen LogP contribution >= 0.6 is 0 Å². The smallest absolute Gasteiger partial charge is 0.164 e. The number of fused-ring (bicyclic) bond motifs is 1. The van der Waals surface area contributed by atoms with Crippen LogP contribution in [-0.4, -0.2) is 14.5 Å². The van der Waals surface area contributed by atoms with Gasteiger partial charge in [0.25, 0.3) is 0 Å². The average molecular weight is 313 g/mol. The summed E-state index contributed by atoms with van der Waals surface area (Å²) in [6, 6.07) is 22.7. The molecule has 4 aromatic rings. The van der Waals surface area contributed by atoms with Crippen LogP contribution in [-0.2, 0) is 0 Å². The predicted octanol–water partition coefficient (Wildman–Crippen LogP) is 5.21. The second-order valence-corrected chi connectivity index (χ2v) is 6.19. The van der Waals surface area contributed by atoms with Crippen molar-refractivity contribution < 1.29 is 0 Å². The number of para-hydroxylation sites is 3. The summed E-state index contributed by atoms with van der Waals surface area (Å²) in [5, 5.41) is 0. The van der Waals surface area contributed by atoms with Crippen LogP contribution in [0.25, 0.3) is 28.2 Å². The molecule has 0 N–H and O–H groups in total. The zero-order valence-corrected chi connectivity index (χ0v) is 13.8. The van der Waals surface area contributed by atoms with Crippen LogP contribution in [0.3, 0.4) is 0 Å². The van der Waals surface area contributed by atoms with Crippen molar-refractivity contribution in [3.8, 4) is 17.2 Å². The average Bonchev–Trinajstić information content (AvgIpc) is 3.02. The third kappa shape index (κ3) is 2.38. The van der Waals surface area contributed by atoms with E-state index in [-0.39, 0.29) is 0 Å². The normalized spacial score (nSPS) is 11.3. The molecule has 0 amide bonds. The second kappa shape index (κ2) is 5.93. The molecule has 0 saturated carbocycles. The lowest BCUT2D eigenvalue weighted by molar-refractivity contribution is 0.850. The van der Waals surface area contributed by atoms with E-state index in [0.717, 1.165) is 22.6 Å². The van der Waals surface area contributed by atoms with Crippen molar-refractivity contribution in [2.24, 2.45) is 0 Å². The maximum Gasteiger partial charge on any atom is 0.164 e. The number of aromatic nitrogens is 3. The molecule has 0 spiro atoms. The largest absolute Gasteiger partial charge is 0.291 e. The Morgan fingerprint density at radius 1 is 0.833 bits per heavy atom. The van der Waals surface area contributed by atoms with E-state index in [0.29, 0.717) is 5.92 Å². The van der Waals surface area contributed by atoms with E-state index in [4.69, 9.17) is 4.98 Å². The first kappa shape index (κ1) is 14.6. The molecule has 0 aliphatic heterocycles. The van der Waals surface area contributed by atoms with Gasteiger partial charge in [-0.25, -0.2) is 4.98 Å². The number of hydrogen-bond acceptors (Lipinski definition) is 2. The Bertz CT molecular complexity index is 984. The Kier molecular flexibility index (Phi) is 3.62. The van der Waals surface area contributed by atoms with E-state index in [1.807, 2.05) is 30.5 Å². The number of hydrogen-bond donors (Lipinski definition) is 0. The third-order valence-electron chi connectivity index (χ3n) is 4.25. The first-order valence-corrected chi connectivity index (χ1v) is 8.24. The van der Waals surface area contributed by atoms with Crippen LogP contribution < -0.4 is 0 Å². The Hall–Kier alpha value is -2.94. The highest BCUT2D eigenvalue weighted by atomic mass is 15.1. The molecule has 2 heterocycles. The Labute approximate surface area is 141 Å². The lowest BCUT2D eigenvalue weighted by Crippen LogP contribution is -2.03. The first-order chi connectivity index (χ1) is 11.8. The number of rotatable bonds is 3. The molecule has 2 aromatic carbocycles. The van der Waals surface area contributed by atoms with Crippen LogP contribution in [0.1, 0.15) is 25.3 Å². The van der Waals surface area contributed by atoms with Crippen molar-refractivity contribution in [3.63, 3.8) is 0 Å². The van der Waals surface area contributed by atoms with Gasteiger partial charge in [-0.1, -0.05) is 50.2 Å². The first-order valence-electron chi connectivity index (χ1n) is 8.24. The van der Waals surface area contributed by atoms with Gasteiger partial charge in [0.05, 0.1) is 16.7 Å². The molecule has 0 aliphatic rings. The van der Waals surface area contributed by atoms with Gasteiger partial charge in [-0.05, 0) is 41.8 Å². The lowest BCUT2D eigenvalue weighted by atomic mass is 10.0. The number of benzene rings is 2. The summed E-state index contributed by atoms with van der Waals surface area (Å²) in [7, 11) is 0. The van der Waals surface area contributed by atoms with Gasteiger partial charge in [0.15, 0.2) is 5.82 Å². The van der Waals surface area contributed by atoms with E-state index in [1.54, 1.807) is 0 Å². The number of pyridine rings is 1. The Morgan fingerprint density at radius 2 is 1.58 bits per heavy atom. The summed E-state index contributed by atoms with van der Waals surface area (Å²) in [6.45, 7) is 4.44. The highest BCUT2D eigenvalue weighted by molar-refractivity contribution is 5.83. The molecule has 118 valence electrons. The minimum absolute atomic E-state index is 0.430. The number of nitrogens with zero attached hydrogens (tertiary/aromatic N) is 3. The fraction of sp³-hybridized carbons (Fsp3) is 0.143. The van der Waals surface area contributed by atoms with Gasteiger partial charge in [0, 0.05) is 6.20 Å². The molecule has 0 aliphatic carbocycles. The minimum Gasteiger partial charge on any atom is -0.291 e. The second-order valence-electron chi connectivity index (χ2n) is 6.19. The maximum atomic E-state index is 4.86. The molecule has 0 fully saturated rings. The van der Waals surface area contributed by atoms with Crippen LogP contribution in [0, 0.1) is 0 Å². The topological polar surface area (TPSA) is 30.7 Å². The van der Waals surface area contributed by atoms with E-state index >= 15 is 0 Å². The fourth-order valence-electron chi connectivity index (χ4n) is 3.12. The molecule has 2 aromatic heterocycles. The van der Waals surface area contributed by atoms with Gasteiger partial charge in [-0.2, -0.15) is 0 Å². The Morgan fingerprint density at radius 3 is 2.38 bits per heavy atom. The van der Waals surface area contributed by atoms with Gasteiger partial charge in [-0.3, -0.25) is 9.55 Å². The fourth-order valence-corrected chi connectivity index (χ4v) is 3.12. The van der Waals surface area contributed by atoms with Crippen molar-refractivity contribution in [1.29, 1.82) is 0 Å². The standard InChI is InChI=1S/C21H19N3/c1-15(2)16-9-3-5-12-19(16)24-20-13-6-4-10-17(20)23-21(24)18-11-7-8-14-22-18/h3-15H,1-2H3. The van der Waals surface area contributed by atoms with Crippen LogP contribution in [0.5, 0.6) is 0 Å². The highest BCUT2D eigenvalue weighted by Gasteiger charge is 2.17. The van der Waals surface area contributed by atoms with Gasteiger partial charge < -0.3 is 0 Å². The third-order valence-corrected chi connectivity index (χ3v) is 4.25. The van der Waals surface area contributed by atoms with E-state index in [2.05, 4.69) is 65.9 Å². The van der Waals surface area contributed by atoms with Crippen molar-refractivity contribution in [2.75, 3.05) is 0 Å². The predicted molar refractivity (Wildman–Crippen MR) is 98.4 cm³/mol. The summed E-state index contributed by atoms with van der Waals surface area (Å²) in [6.07, 6.45) is 1.81. The molecule has 0 bridgehead atoms. The zero-order valence-electron chi connectivity index (χ0n) is 13.8.